The summed E-state index contributed by atoms with van der Waals surface area (Å²) in [7, 11) is 0. The zero-order chi connectivity index (χ0) is 17.3. The lowest BCUT2D eigenvalue weighted by molar-refractivity contribution is -0.138. The summed E-state index contributed by atoms with van der Waals surface area (Å²) in [6.45, 7) is 3.82. The second-order valence-corrected chi connectivity index (χ2v) is 5.48. The fraction of sp³-hybridized carbons (Fsp3) is 0.278. The number of hydrogen-bond donors (Lipinski definition) is 1. The van der Waals surface area contributed by atoms with Gasteiger partial charge in [0, 0.05) is 5.70 Å². The molecule has 2 heterocycles. The second kappa shape index (κ2) is 6.20. The van der Waals surface area contributed by atoms with Crippen LogP contribution in [0.3, 0.4) is 0 Å². The third-order valence-corrected chi connectivity index (χ3v) is 4.10. The van der Waals surface area contributed by atoms with Crippen molar-refractivity contribution in [2.45, 2.75) is 19.8 Å². The molecule has 2 aliphatic heterocycles. The molecular formula is C18H16N2O4. The fourth-order valence-corrected chi connectivity index (χ4v) is 3.11. The first kappa shape index (κ1) is 15.8. The number of allylic oxidation sites excluding steroid dienone is 1. The average molecular weight is 324 g/mol. The number of rotatable bonds is 3. The van der Waals surface area contributed by atoms with Gasteiger partial charge in [-0.3, -0.25) is 0 Å². The molecule has 0 aliphatic carbocycles. The van der Waals surface area contributed by atoms with Crippen LogP contribution in [0, 0.1) is 11.3 Å². The number of carbonyl (C=O) groups is 2. The molecule has 0 aromatic heterocycles. The van der Waals surface area contributed by atoms with Gasteiger partial charge >= 0.3 is 11.9 Å². The number of nitrogens with one attached hydrogen (secondary N) is 1. The first-order valence-corrected chi connectivity index (χ1v) is 7.62. The van der Waals surface area contributed by atoms with Gasteiger partial charge in [-0.1, -0.05) is 18.2 Å². The Balaban J connectivity index is 2.21. The zero-order valence-corrected chi connectivity index (χ0v) is 13.4. The molecule has 3 rings (SSSR count). The summed E-state index contributed by atoms with van der Waals surface area (Å²) in [5, 5.41) is 12.5. The third-order valence-electron chi connectivity index (χ3n) is 4.10. The Bertz CT molecular complexity index is 830. The molecule has 0 spiro atoms. The number of cyclic esters (lactones) is 1. The highest BCUT2D eigenvalue weighted by molar-refractivity contribution is 6.01. The van der Waals surface area contributed by atoms with E-state index in [0.29, 0.717) is 33.7 Å². The van der Waals surface area contributed by atoms with Gasteiger partial charge in [0.15, 0.2) is 0 Å². The minimum atomic E-state index is -0.675. The van der Waals surface area contributed by atoms with Gasteiger partial charge < -0.3 is 14.8 Å². The molecule has 1 N–H and O–H groups in total. The second-order valence-electron chi connectivity index (χ2n) is 5.48. The number of nitrogens with zero attached hydrogens (tertiary/aromatic N) is 1. The van der Waals surface area contributed by atoms with Crippen LogP contribution in [0.25, 0.3) is 0 Å². The minimum Gasteiger partial charge on any atom is -0.463 e. The lowest BCUT2D eigenvalue weighted by Crippen LogP contribution is -2.30. The highest BCUT2D eigenvalue weighted by Crippen LogP contribution is 2.42. The van der Waals surface area contributed by atoms with Crippen LogP contribution in [-0.2, 0) is 19.1 Å². The van der Waals surface area contributed by atoms with Gasteiger partial charge in [-0.15, -0.1) is 0 Å². The Labute approximate surface area is 139 Å². The molecule has 1 aromatic carbocycles. The number of carbonyl (C=O) groups excluding carboxylic acids is 2. The van der Waals surface area contributed by atoms with Crippen molar-refractivity contribution in [2.24, 2.45) is 0 Å². The van der Waals surface area contributed by atoms with E-state index in [1.165, 1.54) is 0 Å². The van der Waals surface area contributed by atoms with Gasteiger partial charge in [-0.05, 0) is 25.5 Å². The Hall–Kier alpha value is -3.07. The maximum atomic E-state index is 12.5. The standard InChI is InChI=1S/C18H16N2O4/c1-3-23-17(21)14-10(2)20-13-9-24-18(22)16(13)15(14)12-7-5-4-6-11(12)8-19/h4-7,15,20H,3,9H2,1-2H3. The van der Waals surface area contributed by atoms with Gasteiger partial charge in [-0.2, -0.15) is 5.26 Å². The van der Waals surface area contributed by atoms with Gasteiger partial charge in [0.1, 0.15) is 6.61 Å². The van der Waals surface area contributed by atoms with Crippen molar-refractivity contribution >= 4 is 11.9 Å². The molecule has 0 saturated carbocycles. The summed E-state index contributed by atoms with van der Waals surface area (Å²) in [5.41, 5.74) is 2.93. The van der Waals surface area contributed by atoms with E-state index in [4.69, 9.17) is 9.47 Å². The van der Waals surface area contributed by atoms with E-state index in [1.54, 1.807) is 38.1 Å². The number of nitriles is 1. The molecular weight excluding hydrogens is 308 g/mol. The predicted octanol–water partition coefficient (Wildman–Crippen LogP) is 1.89. The van der Waals surface area contributed by atoms with Crippen LogP contribution in [0.1, 0.15) is 30.9 Å². The molecule has 0 radical (unpaired) electrons. The van der Waals surface area contributed by atoms with Crippen molar-refractivity contribution in [1.29, 1.82) is 5.26 Å². The summed E-state index contributed by atoms with van der Waals surface area (Å²) in [4.78, 5) is 24.8. The van der Waals surface area contributed by atoms with Crippen molar-refractivity contribution in [3.05, 3.63) is 57.9 Å². The molecule has 24 heavy (non-hydrogen) atoms. The highest BCUT2D eigenvalue weighted by Gasteiger charge is 2.42. The van der Waals surface area contributed by atoms with Crippen molar-refractivity contribution in [3.63, 3.8) is 0 Å². The number of ether oxygens (including phenoxy) is 2. The molecule has 2 aliphatic rings. The molecule has 122 valence electrons. The van der Waals surface area contributed by atoms with E-state index in [2.05, 4.69) is 11.4 Å². The number of dihydropyridines is 1. The maximum Gasteiger partial charge on any atom is 0.337 e. The van der Waals surface area contributed by atoms with Crippen LogP contribution in [0.4, 0.5) is 0 Å². The lowest BCUT2D eigenvalue weighted by atomic mass is 9.79. The van der Waals surface area contributed by atoms with Crippen LogP contribution in [-0.4, -0.2) is 25.2 Å². The monoisotopic (exact) mass is 324 g/mol. The number of hydrogen-bond acceptors (Lipinski definition) is 6. The minimum absolute atomic E-state index is 0.132. The molecule has 0 bridgehead atoms. The molecule has 0 saturated heterocycles. The smallest absolute Gasteiger partial charge is 0.337 e. The van der Waals surface area contributed by atoms with Crippen molar-refractivity contribution in [1.82, 2.24) is 5.32 Å². The van der Waals surface area contributed by atoms with E-state index in [1.807, 2.05) is 0 Å². The van der Waals surface area contributed by atoms with Gasteiger partial charge in [0.2, 0.25) is 0 Å². The first-order chi connectivity index (χ1) is 11.6. The maximum absolute atomic E-state index is 12.5. The van der Waals surface area contributed by atoms with E-state index in [0.717, 1.165) is 0 Å². The summed E-state index contributed by atoms with van der Waals surface area (Å²) >= 11 is 0. The summed E-state index contributed by atoms with van der Waals surface area (Å²) in [6, 6.07) is 9.05. The van der Waals surface area contributed by atoms with Gasteiger partial charge in [0.05, 0.1) is 41.0 Å². The Morgan fingerprint density at radius 2 is 2.21 bits per heavy atom. The number of esters is 2. The molecule has 6 heteroatoms. The summed E-state index contributed by atoms with van der Waals surface area (Å²) in [5.74, 6) is -1.66. The Morgan fingerprint density at radius 1 is 1.46 bits per heavy atom. The topological polar surface area (TPSA) is 88.4 Å². The molecule has 1 atom stereocenters. The fourth-order valence-electron chi connectivity index (χ4n) is 3.11. The first-order valence-electron chi connectivity index (χ1n) is 7.62. The molecule has 6 nitrogen and oxygen atoms in total. The quantitative estimate of drug-likeness (QED) is 0.854. The van der Waals surface area contributed by atoms with Crippen LogP contribution < -0.4 is 5.32 Å². The summed E-state index contributed by atoms with van der Waals surface area (Å²) in [6.07, 6.45) is 0. The van der Waals surface area contributed by atoms with E-state index in [9.17, 15) is 14.9 Å². The van der Waals surface area contributed by atoms with E-state index < -0.39 is 17.9 Å². The molecule has 1 aromatic rings. The molecule has 0 amide bonds. The van der Waals surface area contributed by atoms with Crippen LogP contribution in [0.15, 0.2) is 46.8 Å². The molecule has 1 unspecified atom stereocenters. The van der Waals surface area contributed by atoms with Gasteiger partial charge in [0.25, 0.3) is 0 Å². The van der Waals surface area contributed by atoms with E-state index >= 15 is 0 Å². The average Bonchev–Trinajstić information content (AvgIpc) is 2.94. The third kappa shape index (κ3) is 2.44. The van der Waals surface area contributed by atoms with Crippen molar-refractivity contribution < 1.29 is 19.1 Å². The highest BCUT2D eigenvalue weighted by atomic mass is 16.5. The predicted molar refractivity (Wildman–Crippen MR) is 84.4 cm³/mol. The van der Waals surface area contributed by atoms with Gasteiger partial charge in [-0.25, -0.2) is 9.59 Å². The normalized spacial score (nSPS) is 19.4. The van der Waals surface area contributed by atoms with E-state index in [-0.39, 0.29) is 13.2 Å². The Morgan fingerprint density at radius 3 is 2.92 bits per heavy atom. The SMILES string of the molecule is CCOC(=O)C1=C(C)NC2=C(C(=O)OC2)C1c1ccccc1C#N. The van der Waals surface area contributed by atoms with Crippen LogP contribution >= 0.6 is 0 Å². The molecule has 0 fully saturated rings. The van der Waals surface area contributed by atoms with Crippen LogP contribution in [0.2, 0.25) is 0 Å². The Kier molecular flexibility index (Phi) is 4.09. The largest absolute Gasteiger partial charge is 0.463 e. The number of benzene rings is 1. The summed E-state index contributed by atoms with van der Waals surface area (Å²) < 4.78 is 10.3. The van der Waals surface area contributed by atoms with Crippen molar-refractivity contribution in [3.8, 4) is 6.07 Å². The van der Waals surface area contributed by atoms with Crippen LogP contribution in [0.5, 0.6) is 0 Å². The van der Waals surface area contributed by atoms with Crippen molar-refractivity contribution in [2.75, 3.05) is 13.2 Å². The zero-order valence-electron chi connectivity index (χ0n) is 13.4. The lowest BCUT2D eigenvalue weighted by Gasteiger charge is -2.28.